The van der Waals surface area contributed by atoms with Gasteiger partial charge in [0.25, 0.3) is 5.56 Å². The second kappa shape index (κ2) is 9.15. The van der Waals surface area contributed by atoms with Crippen molar-refractivity contribution in [3.8, 4) is 5.69 Å². The zero-order chi connectivity index (χ0) is 21.9. The van der Waals surface area contributed by atoms with Gasteiger partial charge in [-0.15, -0.1) is 0 Å². The minimum absolute atomic E-state index is 0.159. The number of hydrogen-bond acceptors (Lipinski definition) is 4. The Hall–Kier alpha value is -3.15. The van der Waals surface area contributed by atoms with Crippen LogP contribution in [-0.4, -0.2) is 27.5 Å². The highest BCUT2D eigenvalue weighted by molar-refractivity contribution is 6.31. The number of para-hydroxylation sites is 1. The van der Waals surface area contributed by atoms with Gasteiger partial charge in [0.15, 0.2) is 0 Å². The van der Waals surface area contributed by atoms with Crippen molar-refractivity contribution in [1.82, 2.24) is 14.5 Å². The highest BCUT2D eigenvalue weighted by Gasteiger charge is 2.14. The number of anilines is 2. The average Bonchev–Trinajstić information content (AvgIpc) is 2.82. The van der Waals surface area contributed by atoms with Gasteiger partial charge in [-0.1, -0.05) is 48.4 Å². The summed E-state index contributed by atoms with van der Waals surface area (Å²) in [4.78, 5) is 20.6. The monoisotopic (exact) mass is 444 g/mol. The van der Waals surface area contributed by atoms with E-state index < -0.39 is 0 Å². The van der Waals surface area contributed by atoms with Crippen LogP contribution in [0.3, 0.4) is 0 Å². The molecular formula is C26H25ClN4O. The number of nitrogens with zero attached hydrogens (tertiary/aromatic N) is 3. The SMILES string of the molecule is O=c1c2cc(Cl)ccc2nc(Nc2ccc(CN3CCCCC3)cc2)n1-c1ccccc1. The predicted octanol–water partition coefficient (Wildman–Crippen LogP) is 5.77. The van der Waals surface area contributed by atoms with E-state index in [-0.39, 0.29) is 5.56 Å². The van der Waals surface area contributed by atoms with Gasteiger partial charge in [0.1, 0.15) is 0 Å². The molecule has 1 saturated heterocycles. The van der Waals surface area contributed by atoms with Gasteiger partial charge in [-0.25, -0.2) is 9.55 Å². The average molecular weight is 445 g/mol. The van der Waals surface area contributed by atoms with Gasteiger partial charge in [-0.3, -0.25) is 9.69 Å². The lowest BCUT2D eigenvalue weighted by atomic mass is 10.1. The zero-order valence-electron chi connectivity index (χ0n) is 17.8. The smallest absolute Gasteiger partial charge is 0.267 e. The summed E-state index contributed by atoms with van der Waals surface area (Å²) in [5, 5.41) is 4.36. The Morgan fingerprint density at radius 3 is 2.41 bits per heavy atom. The molecule has 5 nitrogen and oxygen atoms in total. The van der Waals surface area contributed by atoms with Crippen LogP contribution in [0.15, 0.2) is 77.6 Å². The highest BCUT2D eigenvalue weighted by atomic mass is 35.5. The summed E-state index contributed by atoms with van der Waals surface area (Å²) in [6.07, 6.45) is 3.92. The quantitative estimate of drug-likeness (QED) is 0.424. The minimum atomic E-state index is -0.159. The molecule has 0 saturated carbocycles. The van der Waals surface area contributed by atoms with Gasteiger partial charge < -0.3 is 5.32 Å². The van der Waals surface area contributed by atoms with Gasteiger partial charge in [0.05, 0.1) is 16.6 Å². The summed E-state index contributed by atoms with van der Waals surface area (Å²) < 4.78 is 1.60. The van der Waals surface area contributed by atoms with E-state index in [0.29, 0.717) is 21.9 Å². The van der Waals surface area contributed by atoms with Crippen LogP contribution >= 0.6 is 11.6 Å². The third-order valence-electron chi connectivity index (χ3n) is 5.91. The Morgan fingerprint density at radius 2 is 1.66 bits per heavy atom. The number of halogens is 1. The Morgan fingerprint density at radius 1 is 0.906 bits per heavy atom. The number of nitrogens with one attached hydrogen (secondary N) is 1. The number of aromatic nitrogens is 2. The number of piperidine rings is 1. The molecule has 162 valence electrons. The van der Waals surface area contributed by atoms with Crippen molar-refractivity contribution in [2.24, 2.45) is 0 Å². The highest BCUT2D eigenvalue weighted by Crippen LogP contribution is 2.23. The Kier molecular flexibility index (Phi) is 5.93. The molecule has 0 bridgehead atoms. The summed E-state index contributed by atoms with van der Waals surface area (Å²) in [7, 11) is 0. The number of benzene rings is 3. The van der Waals surface area contributed by atoms with Gasteiger partial charge in [0, 0.05) is 17.3 Å². The molecule has 3 aromatic carbocycles. The fourth-order valence-electron chi connectivity index (χ4n) is 4.26. The molecule has 1 fully saturated rings. The normalized spacial score (nSPS) is 14.5. The van der Waals surface area contributed by atoms with E-state index in [2.05, 4.69) is 22.3 Å². The summed E-state index contributed by atoms with van der Waals surface area (Å²) in [5.74, 6) is 0.472. The second-order valence-corrected chi connectivity index (χ2v) is 8.67. The van der Waals surface area contributed by atoms with Crippen molar-refractivity contribution in [2.45, 2.75) is 25.8 Å². The standard InChI is InChI=1S/C26H25ClN4O/c27-20-11-14-24-23(17-20)25(32)31(22-7-3-1-4-8-22)26(29-24)28-21-12-9-19(10-13-21)18-30-15-5-2-6-16-30/h1,3-4,7-14,17H,2,5-6,15-16,18H2,(H,28,29). The molecule has 2 heterocycles. The van der Waals surface area contributed by atoms with Crippen LogP contribution < -0.4 is 10.9 Å². The lowest BCUT2D eigenvalue weighted by Crippen LogP contribution is -2.29. The third-order valence-corrected chi connectivity index (χ3v) is 6.14. The molecule has 1 N–H and O–H groups in total. The van der Waals surface area contributed by atoms with Crippen molar-refractivity contribution in [3.05, 3.63) is 93.7 Å². The largest absolute Gasteiger partial charge is 0.325 e. The molecule has 5 rings (SSSR count). The second-order valence-electron chi connectivity index (χ2n) is 8.23. The predicted molar refractivity (Wildman–Crippen MR) is 131 cm³/mol. The maximum Gasteiger partial charge on any atom is 0.267 e. The number of rotatable bonds is 5. The molecule has 0 radical (unpaired) electrons. The van der Waals surface area contributed by atoms with E-state index in [0.717, 1.165) is 17.9 Å². The van der Waals surface area contributed by atoms with E-state index in [9.17, 15) is 4.79 Å². The van der Waals surface area contributed by atoms with Crippen molar-refractivity contribution in [2.75, 3.05) is 18.4 Å². The molecular weight excluding hydrogens is 420 g/mol. The number of fused-ring (bicyclic) bond motifs is 1. The van der Waals surface area contributed by atoms with E-state index in [1.807, 2.05) is 42.5 Å². The summed E-state index contributed by atoms with van der Waals surface area (Å²) in [6.45, 7) is 3.33. The lowest BCUT2D eigenvalue weighted by molar-refractivity contribution is 0.221. The molecule has 32 heavy (non-hydrogen) atoms. The first kappa shape index (κ1) is 20.7. The molecule has 1 aromatic heterocycles. The van der Waals surface area contributed by atoms with Crippen LogP contribution in [-0.2, 0) is 6.54 Å². The van der Waals surface area contributed by atoms with Crippen LogP contribution in [0.5, 0.6) is 0 Å². The summed E-state index contributed by atoms with van der Waals surface area (Å²) in [5.41, 5.74) is 3.37. The van der Waals surface area contributed by atoms with Gasteiger partial charge in [-0.05, 0) is 74.0 Å². The molecule has 0 aliphatic carbocycles. The van der Waals surface area contributed by atoms with Crippen molar-refractivity contribution >= 4 is 34.1 Å². The summed E-state index contributed by atoms with van der Waals surface area (Å²) in [6, 6.07) is 23.1. The topological polar surface area (TPSA) is 50.2 Å². The Bertz CT molecular complexity index is 1280. The Labute approximate surface area is 192 Å². The Balaban J connectivity index is 1.49. The van der Waals surface area contributed by atoms with Crippen molar-refractivity contribution in [3.63, 3.8) is 0 Å². The molecule has 0 unspecified atom stereocenters. The first-order valence-corrected chi connectivity index (χ1v) is 11.4. The summed E-state index contributed by atoms with van der Waals surface area (Å²) >= 11 is 6.15. The van der Waals surface area contributed by atoms with Crippen LogP contribution in [0.4, 0.5) is 11.6 Å². The molecule has 0 atom stereocenters. The van der Waals surface area contributed by atoms with Crippen molar-refractivity contribution in [1.29, 1.82) is 0 Å². The zero-order valence-corrected chi connectivity index (χ0v) is 18.6. The van der Waals surface area contributed by atoms with E-state index >= 15 is 0 Å². The van der Waals surface area contributed by atoms with Crippen LogP contribution in [0.2, 0.25) is 5.02 Å². The fraction of sp³-hybridized carbons (Fsp3) is 0.231. The molecule has 6 heteroatoms. The molecule has 0 amide bonds. The molecule has 1 aliphatic heterocycles. The van der Waals surface area contributed by atoms with Gasteiger partial charge in [-0.2, -0.15) is 0 Å². The number of likely N-dealkylation sites (tertiary alicyclic amines) is 1. The fourth-order valence-corrected chi connectivity index (χ4v) is 4.43. The molecule has 0 spiro atoms. The third kappa shape index (κ3) is 4.40. The van der Waals surface area contributed by atoms with Crippen LogP contribution in [0.1, 0.15) is 24.8 Å². The van der Waals surface area contributed by atoms with E-state index in [4.69, 9.17) is 16.6 Å². The maximum atomic E-state index is 13.4. The first-order chi connectivity index (χ1) is 15.7. The van der Waals surface area contributed by atoms with Crippen LogP contribution in [0.25, 0.3) is 16.6 Å². The van der Waals surface area contributed by atoms with E-state index in [1.54, 1.807) is 22.8 Å². The lowest BCUT2D eigenvalue weighted by Gasteiger charge is -2.26. The number of hydrogen-bond donors (Lipinski definition) is 1. The van der Waals surface area contributed by atoms with Crippen LogP contribution in [0, 0.1) is 0 Å². The maximum absolute atomic E-state index is 13.4. The van der Waals surface area contributed by atoms with Gasteiger partial charge >= 0.3 is 0 Å². The van der Waals surface area contributed by atoms with E-state index in [1.165, 1.54) is 37.9 Å². The minimum Gasteiger partial charge on any atom is -0.325 e. The van der Waals surface area contributed by atoms with Gasteiger partial charge in [0.2, 0.25) is 5.95 Å². The molecule has 4 aromatic rings. The van der Waals surface area contributed by atoms with Crippen molar-refractivity contribution < 1.29 is 0 Å². The molecule has 1 aliphatic rings. The first-order valence-electron chi connectivity index (χ1n) is 11.0.